The molecule has 0 aliphatic carbocycles. The van der Waals surface area contributed by atoms with E-state index in [4.69, 9.17) is 21.5 Å². The van der Waals surface area contributed by atoms with Crippen LogP contribution in [0.5, 0.6) is 0 Å². The Hall–Kier alpha value is -1.41. The highest BCUT2D eigenvalue weighted by atomic mass is 31.2. The van der Waals surface area contributed by atoms with Gasteiger partial charge in [-0.25, -0.2) is 21.8 Å². The smallest absolute Gasteiger partial charge is 0.363 e. The lowest BCUT2D eigenvalue weighted by Gasteiger charge is -2.19. The van der Waals surface area contributed by atoms with Crippen LogP contribution in [0.25, 0.3) is 0 Å². The number of anilines is 1. The number of aromatic nitrogens is 2. The highest BCUT2D eigenvalue weighted by Gasteiger charge is 2.47. The number of hydrogen-bond donors (Lipinski definition) is 8. The standard InChI is InChI=1S/C9H16N5O8P/c10-14(11)9-12-3(7(8(18)13-9)23(19,20)21)6-5(17)4(16)2(1-15)22-6/h2,4-6,15-17H,1,10-11H2,(H,12,13,18)(H2,19,20,21)/t2-,4-,5-,6?/m1/s1. The number of aliphatic hydroxyl groups is 3. The van der Waals surface area contributed by atoms with Crippen LogP contribution in [0.15, 0.2) is 4.79 Å². The molecule has 0 bridgehead atoms. The Morgan fingerprint density at radius 2 is 1.91 bits per heavy atom. The minimum Gasteiger partial charge on any atom is -0.394 e. The number of nitrogens with one attached hydrogen (secondary N) is 1. The van der Waals surface area contributed by atoms with Crippen LogP contribution >= 0.6 is 7.60 Å². The molecule has 2 heterocycles. The normalized spacial score (nSPS) is 28.1. The van der Waals surface area contributed by atoms with Gasteiger partial charge in [-0.3, -0.25) is 14.3 Å². The minimum atomic E-state index is -5.11. The van der Waals surface area contributed by atoms with Crippen molar-refractivity contribution >= 4 is 18.8 Å². The highest BCUT2D eigenvalue weighted by molar-refractivity contribution is 7.60. The Balaban J connectivity index is 2.65. The summed E-state index contributed by atoms with van der Waals surface area (Å²) in [5.74, 6) is 9.97. The van der Waals surface area contributed by atoms with Crippen molar-refractivity contribution < 1.29 is 34.4 Å². The molecule has 1 unspecified atom stereocenters. The summed E-state index contributed by atoms with van der Waals surface area (Å²) in [6, 6.07) is 0. The molecule has 1 saturated heterocycles. The van der Waals surface area contributed by atoms with Gasteiger partial charge in [-0.15, -0.1) is 0 Å². The molecular formula is C9H16N5O8P. The van der Waals surface area contributed by atoms with Gasteiger partial charge in [0.15, 0.2) is 5.30 Å². The first-order chi connectivity index (χ1) is 10.6. The molecule has 13 nitrogen and oxygen atoms in total. The van der Waals surface area contributed by atoms with E-state index < -0.39 is 61.1 Å². The van der Waals surface area contributed by atoms with Gasteiger partial charge in [0.25, 0.3) is 5.56 Å². The van der Waals surface area contributed by atoms with E-state index in [0.29, 0.717) is 5.12 Å². The van der Waals surface area contributed by atoms with Gasteiger partial charge in [0.05, 0.1) is 12.3 Å². The van der Waals surface area contributed by atoms with Gasteiger partial charge >= 0.3 is 7.60 Å². The summed E-state index contributed by atoms with van der Waals surface area (Å²) in [7, 11) is -5.11. The maximum atomic E-state index is 11.9. The van der Waals surface area contributed by atoms with Gasteiger partial charge in [0.2, 0.25) is 5.95 Å². The molecule has 0 aromatic carbocycles. The van der Waals surface area contributed by atoms with Gasteiger partial charge in [0.1, 0.15) is 24.4 Å². The van der Waals surface area contributed by atoms with Crippen LogP contribution in [0.1, 0.15) is 11.8 Å². The van der Waals surface area contributed by atoms with E-state index in [1.54, 1.807) is 0 Å². The van der Waals surface area contributed by atoms with E-state index in [9.17, 15) is 29.4 Å². The Morgan fingerprint density at radius 3 is 2.35 bits per heavy atom. The van der Waals surface area contributed by atoms with E-state index in [2.05, 4.69) is 4.98 Å². The first-order valence-electron chi connectivity index (χ1n) is 6.20. The predicted molar refractivity (Wildman–Crippen MR) is 74.1 cm³/mol. The largest absolute Gasteiger partial charge is 0.394 e. The number of ether oxygens (including phenoxy) is 1. The van der Waals surface area contributed by atoms with E-state index in [1.165, 1.54) is 0 Å². The fourth-order valence-corrected chi connectivity index (χ4v) is 3.00. The van der Waals surface area contributed by atoms with Crippen molar-refractivity contribution in [2.24, 2.45) is 11.7 Å². The molecule has 0 saturated carbocycles. The zero-order valence-corrected chi connectivity index (χ0v) is 12.4. The summed E-state index contributed by atoms with van der Waals surface area (Å²) in [6.07, 6.45) is -6.04. The van der Waals surface area contributed by atoms with E-state index in [0.717, 1.165) is 0 Å². The zero-order chi connectivity index (χ0) is 17.5. The van der Waals surface area contributed by atoms with Crippen molar-refractivity contribution in [2.45, 2.75) is 24.4 Å². The van der Waals surface area contributed by atoms with Crippen LogP contribution in [-0.2, 0) is 9.30 Å². The third-order valence-electron chi connectivity index (χ3n) is 3.26. The molecule has 1 fully saturated rings. The fourth-order valence-electron chi connectivity index (χ4n) is 2.20. The van der Waals surface area contributed by atoms with Gasteiger partial charge in [-0.1, -0.05) is 0 Å². The van der Waals surface area contributed by atoms with Crippen LogP contribution in [0.4, 0.5) is 5.95 Å². The van der Waals surface area contributed by atoms with Crippen LogP contribution in [0.3, 0.4) is 0 Å². The Morgan fingerprint density at radius 1 is 1.30 bits per heavy atom. The maximum absolute atomic E-state index is 11.9. The first kappa shape index (κ1) is 17.9. The molecule has 1 aliphatic rings. The molecule has 10 N–H and O–H groups in total. The van der Waals surface area contributed by atoms with Gasteiger partial charge in [-0.05, 0) is 0 Å². The molecule has 14 heteroatoms. The van der Waals surface area contributed by atoms with Crippen molar-refractivity contribution in [3.63, 3.8) is 0 Å². The Bertz CT molecular complexity index is 689. The van der Waals surface area contributed by atoms with E-state index in [1.807, 2.05) is 4.98 Å². The number of aromatic amines is 1. The van der Waals surface area contributed by atoms with Gasteiger partial charge in [-0.2, -0.15) is 0 Å². The third-order valence-corrected chi connectivity index (χ3v) is 4.27. The molecule has 0 spiro atoms. The van der Waals surface area contributed by atoms with Crippen molar-refractivity contribution in [2.75, 3.05) is 11.7 Å². The number of nitrogens with two attached hydrogens (primary N) is 2. The second kappa shape index (κ2) is 6.24. The molecule has 2 rings (SSSR count). The topological polar surface area (TPSA) is 228 Å². The van der Waals surface area contributed by atoms with Crippen LogP contribution in [0.2, 0.25) is 0 Å². The molecular weight excluding hydrogens is 337 g/mol. The Kier molecular flexibility index (Phi) is 4.86. The lowest BCUT2D eigenvalue weighted by atomic mass is 10.1. The summed E-state index contributed by atoms with van der Waals surface area (Å²) in [4.78, 5) is 36.3. The highest BCUT2D eigenvalue weighted by Crippen LogP contribution is 2.38. The summed E-state index contributed by atoms with van der Waals surface area (Å²) in [5.41, 5.74) is -1.88. The summed E-state index contributed by atoms with van der Waals surface area (Å²) >= 11 is 0. The molecule has 0 radical (unpaired) electrons. The monoisotopic (exact) mass is 353 g/mol. The van der Waals surface area contributed by atoms with Crippen LogP contribution in [-0.4, -0.2) is 60.0 Å². The Labute approximate surface area is 128 Å². The quantitative estimate of drug-likeness (QED) is 0.145. The van der Waals surface area contributed by atoms with Gasteiger partial charge in [0, 0.05) is 0 Å². The lowest BCUT2D eigenvalue weighted by Crippen LogP contribution is -2.44. The molecule has 1 aromatic heterocycles. The van der Waals surface area contributed by atoms with Crippen LogP contribution < -0.4 is 27.7 Å². The number of nitrogens with zero attached hydrogens (tertiary/aromatic N) is 2. The molecule has 0 amide bonds. The molecule has 1 aromatic rings. The average molecular weight is 353 g/mol. The molecule has 130 valence electrons. The van der Waals surface area contributed by atoms with E-state index >= 15 is 0 Å². The SMILES string of the molecule is NN(N)c1nc(C2O[C@H](CO)[C@@H](O)[C@H]2O)c(P(=O)(O)O)c(=O)[nH]1. The molecule has 1 aliphatic heterocycles. The maximum Gasteiger partial charge on any atom is 0.363 e. The predicted octanol–water partition coefficient (Wildman–Crippen LogP) is -4.72. The third kappa shape index (κ3) is 3.28. The number of rotatable bonds is 4. The average Bonchev–Trinajstić information content (AvgIpc) is 2.72. The zero-order valence-electron chi connectivity index (χ0n) is 11.5. The van der Waals surface area contributed by atoms with Crippen molar-refractivity contribution in [3.8, 4) is 0 Å². The number of hydrazine groups is 2. The summed E-state index contributed by atoms with van der Waals surface area (Å²) < 4.78 is 16.7. The van der Waals surface area contributed by atoms with Crippen molar-refractivity contribution in [1.29, 1.82) is 0 Å². The lowest BCUT2D eigenvalue weighted by molar-refractivity contribution is -0.0237. The molecule has 4 atom stereocenters. The number of H-pyrrole nitrogens is 1. The second-order valence-electron chi connectivity index (χ2n) is 4.83. The second-order valence-corrected chi connectivity index (χ2v) is 6.37. The van der Waals surface area contributed by atoms with Crippen LogP contribution in [0, 0.1) is 0 Å². The first-order valence-corrected chi connectivity index (χ1v) is 7.81. The van der Waals surface area contributed by atoms with Crippen molar-refractivity contribution in [1.82, 2.24) is 9.97 Å². The van der Waals surface area contributed by atoms with E-state index in [-0.39, 0.29) is 0 Å². The summed E-state index contributed by atoms with van der Waals surface area (Å²) in [5, 5.41) is 28.1. The molecule has 23 heavy (non-hydrogen) atoms. The fraction of sp³-hybridized carbons (Fsp3) is 0.556. The number of aliphatic hydroxyl groups excluding tert-OH is 3. The number of hydrogen-bond acceptors (Lipinski definition) is 10. The van der Waals surface area contributed by atoms with Gasteiger partial charge < -0.3 is 29.8 Å². The minimum absolute atomic E-state index is 0.385. The summed E-state index contributed by atoms with van der Waals surface area (Å²) in [6.45, 7) is -0.671. The van der Waals surface area contributed by atoms with Crippen molar-refractivity contribution in [3.05, 3.63) is 16.0 Å².